The molecule has 1 saturated heterocycles. The molecule has 2 aromatic rings. The first kappa shape index (κ1) is 18.7. The summed E-state index contributed by atoms with van der Waals surface area (Å²) in [5.41, 5.74) is 2.07. The van der Waals surface area contributed by atoms with Crippen LogP contribution in [0.2, 0.25) is 0 Å². The second kappa shape index (κ2) is 9.56. The van der Waals surface area contributed by atoms with Gasteiger partial charge in [-0.15, -0.1) is 10.2 Å². The largest absolute Gasteiger partial charge is 0.385 e. The molecule has 0 atom stereocenters. The first-order valence-corrected chi connectivity index (χ1v) is 9.64. The lowest BCUT2D eigenvalue weighted by atomic mass is 10.0. The number of hydrogen-bond acceptors (Lipinski definition) is 8. The third-order valence-electron chi connectivity index (χ3n) is 4.37. The van der Waals surface area contributed by atoms with E-state index in [9.17, 15) is 4.79 Å². The molecule has 0 spiro atoms. The number of aromatic nitrogens is 3. The lowest BCUT2D eigenvalue weighted by Crippen LogP contribution is -2.39. The van der Waals surface area contributed by atoms with Crippen LogP contribution in [0.3, 0.4) is 0 Å². The minimum absolute atomic E-state index is 0.231. The summed E-state index contributed by atoms with van der Waals surface area (Å²) in [6.45, 7) is 4.09. The minimum atomic E-state index is -0.231. The molecule has 8 nitrogen and oxygen atoms in total. The summed E-state index contributed by atoms with van der Waals surface area (Å²) in [4.78, 5) is 19.0. The highest BCUT2D eigenvalue weighted by atomic mass is 32.1. The van der Waals surface area contributed by atoms with Crippen LogP contribution in [-0.4, -0.2) is 65.4 Å². The fourth-order valence-electron chi connectivity index (χ4n) is 2.95. The molecule has 0 aliphatic carbocycles. The third kappa shape index (κ3) is 5.45. The maximum absolute atomic E-state index is 12.1. The van der Waals surface area contributed by atoms with Crippen LogP contribution in [-0.2, 0) is 4.74 Å². The lowest BCUT2D eigenvalue weighted by molar-refractivity contribution is 0.102. The Kier molecular flexibility index (Phi) is 6.87. The first-order chi connectivity index (χ1) is 12.7. The van der Waals surface area contributed by atoms with Crippen molar-refractivity contribution in [2.75, 3.05) is 44.0 Å². The number of hydrogen-bond donors (Lipinski definition) is 2. The normalized spacial score (nSPS) is 15.7. The molecule has 1 aliphatic heterocycles. The number of rotatable bonds is 8. The van der Waals surface area contributed by atoms with Crippen LogP contribution in [0.25, 0.3) is 0 Å². The van der Waals surface area contributed by atoms with E-state index in [0.717, 1.165) is 51.3 Å². The maximum Gasteiger partial charge on any atom is 0.259 e. The Bertz CT molecular complexity index is 671. The van der Waals surface area contributed by atoms with Crippen LogP contribution in [0, 0.1) is 0 Å². The summed E-state index contributed by atoms with van der Waals surface area (Å²) in [5.74, 6) is 0.570. The number of anilines is 2. The summed E-state index contributed by atoms with van der Waals surface area (Å²) >= 11 is 1.28. The van der Waals surface area contributed by atoms with Crippen LogP contribution >= 0.6 is 11.3 Å². The number of carbonyl (C=O) groups excluding carboxylic acids is 1. The Hall–Kier alpha value is -2.10. The molecule has 0 aromatic carbocycles. The smallest absolute Gasteiger partial charge is 0.259 e. The Labute approximate surface area is 157 Å². The topological polar surface area (TPSA) is 92.3 Å². The van der Waals surface area contributed by atoms with Gasteiger partial charge in [-0.25, -0.2) is 4.98 Å². The number of ether oxygens (including phenoxy) is 1. The summed E-state index contributed by atoms with van der Waals surface area (Å²) < 4.78 is 5.11. The predicted molar refractivity (Wildman–Crippen MR) is 102 cm³/mol. The van der Waals surface area contributed by atoms with Gasteiger partial charge in [-0.1, -0.05) is 11.3 Å². The molecule has 9 heteroatoms. The molecular weight excluding hydrogens is 352 g/mol. The summed E-state index contributed by atoms with van der Waals surface area (Å²) in [6, 6.07) is 4.04. The lowest BCUT2D eigenvalue weighted by Gasteiger charge is -2.32. The number of methoxy groups -OCH3 is 1. The van der Waals surface area contributed by atoms with Gasteiger partial charge in [0, 0.05) is 45.6 Å². The molecule has 1 aliphatic rings. The van der Waals surface area contributed by atoms with Crippen LogP contribution in [0.1, 0.15) is 29.6 Å². The number of carbonyl (C=O) groups is 1. The quantitative estimate of drug-likeness (QED) is 0.682. The van der Waals surface area contributed by atoms with E-state index in [4.69, 9.17) is 4.74 Å². The van der Waals surface area contributed by atoms with Crippen molar-refractivity contribution in [1.29, 1.82) is 0 Å². The van der Waals surface area contributed by atoms with Crippen LogP contribution in [0.4, 0.5) is 10.9 Å². The number of pyridine rings is 1. The average Bonchev–Trinajstić information content (AvgIpc) is 3.17. The van der Waals surface area contributed by atoms with Crippen molar-refractivity contribution in [1.82, 2.24) is 20.1 Å². The zero-order valence-electron chi connectivity index (χ0n) is 14.9. The molecule has 0 saturated carbocycles. The van der Waals surface area contributed by atoms with E-state index < -0.39 is 0 Å². The SMILES string of the molecule is COCCCN1CCC(Nc2ccc(C(=O)Nc3nncs3)cn2)CC1. The van der Waals surface area contributed by atoms with Crippen LogP contribution in [0.5, 0.6) is 0 Å². The molecule has 2 N–H and O–H groups in total. The second-order valence-corrected chi connectivity index (χ2v) is 7.07. The van der Waals surface area contributed by atoms with Crippen molar-refractivity contribution in [3.05, 3.63) is 29.4 Å². The van der Waals surface area contributed by atoms with Crippen molar-refractivity contribution in [2.24, 2.45) is 0 Å². The number of likely N-dealkylation sites (tertiary alicyclic amines) is 1. The monoisotopic (exact) mass is 376 g/mol. The van der Waals surface area contributed by atoms with Gasteiger partial charge in [0.05, 0.1) is 5.56 Å². The van der Waals surface area contributed by atoms with Gasteiger partial charge in [0.2, 0.25) is 5.13 Å². The van der Waals surface area contributed by atoms with Gasteiger partial charge in [-0.3, -0.25) is 10.1 Å². The van der Waals surface area contributed by atoms with E-state index in [-0.39, 0.29) is 5.91 Å². The van der Waals surface area contributed by atoms with Crippen molar-refractivity contribution in [3.8, 4) is 0 Å². The standard InChI is InChI=1S/C17H24N6O2S/c1-25-10-2-7-23-8-5-14(6-9-23)20-15-4-3-13(11-18-15)16(24)21-17-22-19-12-26-17/h3-4,11-12,14H,2,5-10H2,1H3,(H,18,20)(H,21,22,24). The van der Waals surface area contributed by atoms with Gasteiger partial charge in [0.25, 0.3) is 5.91 Å². The van der Waals surface area contributed by atoms with Gasteiger partial charge in [0.1, 0.15) is 11.3 Å². The highest BCUT2D eigenvalue weighted by molar-refractivity contribution is 7.13. The summed E-state index contributed by atoms with van der Waals surface area (Å²) in [6.07, 6.45) is 4.84. The fourth-order valence-corrected chi connectivity index (χ4v) is 3.39. The molecule has 0 radical (unpaired) electrons. The zero-order chi connectivity index (χ0) is 18.2. The van der Waals surface area contributed by atoms with E-state index in [1.807, 2.05) is 6.07 Å². The van der Waals surface area contributed by atoms with E-state index in [0.29, 0.717) is 16.7 Å². The molecular formula is C17H24N6O2S. The van der Waals surface area contributed by atoms with Gasteiger partial charge in [0.15, 0.2) is 0 Å². The average molecular weight is 376 g/mol. The first-order valence-electron chi connectivity index (χ1n) is 8.76. The Morgan fingerprint density at radius 1 is 1.38 bits per heavy atom. The minimum Gasteiger partial charge on any atom is -0.385 e. The Morgan fingerprint density at radius 3 is 2.88 bits per heavy atom. The molecule has 3 rings (SSSR count). The van der Waals surface area contributed by atoms with Crippen molar-refractivity contribution in [3.63, 3.8) is 0 Å². The summed E-state index contributed by atoms with van der Waals surface area (Å²) in [5, 5.41) is 14.1. The van der Waals surface area contributed by atoms with E-state index in [1.54, 1.807) is 24.9 Å². The fraction of sp³-hybridized carbons (Fsp3) is 0.529. The molecule has 1 amide bonds. The molecule has 26 heavy (non-hydrogen) atoms. The van der Waals surface area contributed by atoms with Gasteiger partial charge in [-0.2, -0.15) is 0 Å². The maximum atomic E-state index is 12.1. The van der Waals surface area contributed by atoms with Crippen LogP contribution in [0.15, 0.2) is 23.8 Å². The molecule has 0 unspecified atom stereocenters. The highest BCUT2D eigenvalue weighted by Gasteiger charge is 2.19. The molecule has 3 heterocycles. The number of nitrogens with one attached hydrogen (secondary N) is 2. The van der Waals surface area contributed by atoms with Gasteiger partial charge in [-0.05, 0) is 31.4 Å². The second-order valence-electron chi connectivity index (χ2n) is 6.24. The zero-order valence-corrected chi connectivity index (χ0v) is 15.7. The van der Waals surface area contributed by atoms with Crippen molar-refractivity contribution >= 4 is 28.2 Å². The third-order valence-corrected chi connectivity index (χ3v) is 4.98. The Balaban J connectivity index is 1.44. The molecule has 1 fully saturated rings. The van der Waals surface area contributed by atoms with Crippen LogP contribution < -0.4 is 10.6 Å². The predicted octanol–water partition coefficient (Wildman–Crippen LogP) is 2.10. The van der Waals surface area contributed by atoms with Crippen molar-refractivity contribution < 1.29 is 9.53 Å². The van der Waals surface area contributed by atoms with E-state index in [1.165, 1.54) is 11.3 Å². The number of nitrogens with zero attached hydrogens (tertiary/aromatic N) is 4. The number of amides is 1. The molecule has 2 aromatic heterocycles. The van der Waals surface area contributed by atoms with E-state index >= 15 is 0 Å². The van der Waals surface area contributed by atoms with Gasteiger partial charge < -0.3 is 15.0 Å². The number of piperidine rings is 1. The molecule has 0 bridgehead atoms. The van der Waals surface area contributed by atoms with Crippen molar-refractivity contribution in [2.45, 2.75) is 25.3 Å². The Morgan fingerprint density at radius 2 is 2.23 bits per heavy atom. The van der Waals surface area contributed by atoms with Gasteiger partial charge >= 0.3 is 0 Å². The highest BCUT2D eigenvalue weighted by Crippen LogP contribution is 2.16. The summed E-state index contributed by atoms with van der Waals surface area (Å²) in [7, 11) is 1.74. The molecule has 140 valence electrons. The van der Waals surface area contributed by atoms with E-state index in [2.05, 4.69) is 30.7 Å².